The van der Waals surface area contributed by atoms with Gasteiger partial charge in [0.05, 0.1) is 12.4 Å². The second kappa shape index (κ2) is 7.22. The lowest BCUT2D eigenvalue weighted by Gasteiger charge is -2.15. The van der Waals surface area contributed by atoms with E-state index in [9.17, 15) is 14.4 Å². The number of carbonyl (C=O) groups excluding carboxylic acids is 1. The van der Waals surface area contributed by atoms with E-state index < -0.39 is 11.2 Å². The van der Waals surface area contributed by atoms with Gasteiger partial charge in [0.1, 0.15) is 6.54 Å². The molecule has 3 rings (SSSR count). The van der Waals surface area contributed by atoms with E-state index in [0.717, 1.165) is 16.6 Å². The molecular weight excluding hydrogens is 346 g/mol. The van der Waals surface area contributed by atoms with E-state index in [2.05, 4.69) is 17.2 Å². The van der Waals surface area contributed by atoms with Crippen LogP contribution in [0.15, 0.2) is 40.2 Å². The van der Waals surface area contributed by atoms with Crippen molar-refractivity contribution in [2.24, 2.45) is 14.1 Å². The van der Waals surface area contributed by atoms with Gasteiger partial charge in [-0.3, -0.25) is 18.7 Å². The highest BCUT2D eigenvalue weighted by Gasteiger charge is 2.17. The Morgan fingerprint density at radius 2 is 1.81 bits per heavy atom. The van der Waals surface area contributed by atoms with E-state index in [1.54, 1.807) is 7.05 Å². The van der Waals surface area contributed by atoms with Gasteiger partial charge < -0.3 is 9.88 Å². The Bertz CT molecular complexity index is 1110. The predicted molar refractivity (Wildman–Crippen MR) is 103 cm³/mol. The molecule has 0 radical (unpaired) electrons. The topological polar surface area (TPSA) is 90.9 Å². The molecule has 0 spiro atoms. The lowest BCUT2D eigenvalue weighted by atomic mass is 10.1. The number of fused-ring (bicyclic) bond motifs is 1. The van der Waals surface area contributed by atoms with Gasteiger partial charge >= 0.3 is 5.69 Å². The largest absolute Gasteiger partial charge is 0.348 e. The summed E-state index contributed by atoms with van der Waals surface area (Å²) in [7, 11) is 2.95. The summed E-state index contributed by atoms with van der Waals surface area (Å²) in [5, 5.41) is 2.93. The molecule has 0 saturated heterocycles. The number of rotatable bonds is 5. The highest BCUT2D eigenvalue weighted by atomic mass is 16.2. The van der Waals surface area contributed by atoms with E-state index >= 15 is 0 Å². The van der Waals surface area contributed by atoms with Gasteiger partial charge in [0, 0.05) is 14.1 Å². The Balaban J connectivity index is 1.82. The molecule has 0 fully saturated rings. The molecule has 0 bridgehead atoms. The van der Waals surface area contributed by atoms with Gasteiger partial charge in [-0.15, -0.1) is 0 Å². The van der Waals surface area contributed by atoms with Gasteiger partial charge in [0.2, 0.25) is 5.91 Å². The first kappa shape index (κ1) is 18.6. The Kier molecular flexibility index (Phi) is 4.98. The van der Waals surface area contributed by atoms with Crippen molar-refractivity contribution in [1.29, 1.82) is 0 Å². The number of hydrogen-bond donors (Lipinski definition) is 1. The second-order valence-corrected chi connectivity index (χ2v) is 6.63. The maximum Gasteiger partial charge on any atom is 0.332 e. The van der Waals surface area contributed by atoms with Crippen LogP contribution in [-0.4, -0.2) is 24.6 Å². The van der Waals surface area contributed by atoms with Crippen molar-refractivity contribution in [3.8, 4) is 0 Å². The summed E-state index contributed by atoms with van der Waals surface area (Å²) in [6.07, 6.45) is 2.37. The van der Waals surface area contributed by atoms with Crippen LogP contribution in [0.4, 0.5) is 0 Å². The Hall–Kier alpha value is -3.16. The third-order valence-electron chi connectivity index (χ3n) is 4.80. The monoisotopic (exact) mass is 369 g/mol. The number of aryl methyl sites for hydroxylation is 2. The summed E-state index contributed by atoms with van der Waals surface area (Å²) in [5.74, 6) is -0.239. The Morgan fingerprint density at radius 3 is 2.44 bits per heavy atom. The molecule has 1 atom stereocenters. The number of amides is 1. The summed E-state index contributed by atoms with van der Waals surface area (Å²) in [6.45, 7) is 3.95. The molecular formula is C19H23N5O3. The molecule has 0 saturated carbocycles. The van der Waals surface area contributed by atoms with Crippen molar-refractivity contribution >= 4 is 17.1 Å². The smallest absolute Gasteiger partial charge is 0.332 e. The zero-order chi connectivity index (χ0) is 19.7. The zero-order valence-corrected chi connectivity index (χ0v) is 15.9. The maximum absolute atomic E-state index is 12.5. The van der Waals surface area contributed by atoms with Crippen LogP contribution in [0, 0.1) is 0 Å². The number of aromatic nitrogens is 4. The molecule has 27 heavy (non-hydrogen) atoms. The minimum absolute atomic E-state index is 0.0542. The summed E-state index contributed by atoms with van der Waals surface area (Å²) >= 11 is 0. The van der Waals surface area contributed by atoms with Crippen LogP contribution < -0.4 is 16.6 Å². The van der Waals surface area contributed by atoms with Crippen LogP contribution in [0.3, 0.4) is 0 Å². The molecule has 2 heterocycles. The van der Waals surface area contributed by atoms with Gasteiger partial charge in [-0.2, -0.15) is 0 Å². The van der Waals surface area contributed by atoms with Crippen molar-refractivity contribution in [3.63, 3.8) is 0 Å². The van der Waals surface area contributed by atoms with E-state index in [1.807, 2.05) is 31.2 Å². The summed E-state index contributed by atoms with van der Waals surface area (Å²) in [5.41, 5.74) is 1.82. The molecule has 1 amide bonds. The number of carbonyl (C=O) groups is 1. The molecule has 0 aliphatic carbocycles. The first-order chi connectivity index (χ1) is 12.8. The molecule has 0 aliphatic heterocycles. The molecule has 1 unspecified atom stereocenters. The van der Waals surface area contributed by atoms with Gasteiger partial charge in [-0.25, -0.2) is 9.78 Å². The summed E-state index contributed by atoms with van der Waals surface area (Å²) < 4.78 is 3.78. The van der Waals surface area contributed by atoms with Gasteiger partial charge in [-0.1, -0.05) is 31.2 Å². The minimum Gasteiger partial charge on any atom is -0.348 e. The molecule has 1 aromatic carbocycles. The summed E-state index contributed by atoms with van der Waals surface area (Å²) in [4.78, 5) is 41.0. The maximum atomic E-state index is 12.5. The van der Waals surface area contributed by atoms with Crippen molar-refractivity contribution < 1.29 is 4.79 Å². The first-order valence-electron chi connectivity index (χ1n) is 8.82. The average molecular weight is 369 g/mol. The van der Waals surface area contributed by atoms with Crippen molar-refractivity contribution in [1.82, 2.24) is 24.0 Å². The van der Waals surface area contributed by atoms with Crippen LogP contribution in [0.25, 0.3) is 11.2 Å². The predicted octanol–water partition coefficient (Wildman–Crippen LogP) is 0.873. The van der Waals surface area contributed by atoms with Gasteiger partial charge in [0.15, 0.2) is 11.2 Å². The van der Waals surface area contributed by atoms with Crippen molar-refractivity contribution in [3.05, 3.63) is 62.6 Å². The third kappa shape index (κ3) is 3.42. The number of imidazole rings is 1. The number of hydrogen-bond acceptors (Lipinski definition) is 4. The number of nitrogens with zero attached hydrogens (tertiary/aromatic N) is 4. The normalized spacial score (nSPS) is 12.3. The zero-order valence-electron chi connectivity index (χ0n) is 15.9. The first-order valence-corrected chi connectivity index (χ1v) is 8.82. The van der Waals surface area contributed by atoms with Crippen molar-refractivity contribution in [2.75, 3.05) is 0 Å². The van der Waals surface area contributed by atoms with Crippen LogP contribution in [0.1, 0.15) is 31.0 Å². The molecule has 1 N–H and O–H groups in total. The van der Waals surface area contributed by atoms with E-state index in [1.165, 1.54) is 28.1 Å². The van der Waals surface area contributed by atoms with Crippen LogP contribution in [0.5, 0.6) is 0 Å². The van der Waals surface area contributed by atoms with E-state index in [0.29, 0.717) is 0 Å². The fraction of sp³-hybridized carbons (Fsp3) is 0.368. The Morgan fingerprint density at radius 1 is 1.15 bits per heavy atom. The Labute approximate surface area is 156 Å². The standard InChI is InChI=1S/C19H23N5O3/c1-5-13-6-8-14(9-7-13)12(2)21-15(25)10-24-11-20-17-16(24)18(26)23(4)19(27)22(17)3/h6-9,11-12H,5,10H2,1-4H3,(H,21,25). The third-order valence-corrected chi connectivity index (χ3v) is 4.80. The lowest BCUT2D eigenvalue weighted by Crippen LogP contribution is -2.38. The highest BCUT2D eigenvalue weighted by Crippen LogP contribution is 2.14. The molecule has 142 valence electrons. The minimum atomic E-state index is -0.471. The van der Waals surface area contributed by atoms with E-state index in [-0.39, 0.29) is 29.7 Å². The van der Waals surface area contributed by atoms with Gasteiger partial charge in [-0.05, 0) is 24.5 Å². The van der Waals surface area contributed by atoms with Crippen LogP contribution >= 0.6 is 0 Å². The number of benzene rings is 1. The summed E-state index contributed by atoms with van der Waals surface area (Å²) in [6, 6.07) is 7.94. The fourth-order valence-corrected chi connectivity index (χ4v) is 3.08. The average Bonchev–Trinajstić information content (AvgIpc) is 3.08. The SMILES string of the molecule is CCc1ccc(C(C)NC(=O)Cn2cnc3c2c(=O)n(C)c(=O)n3C)cc1. The van der Waals surface area contributed by atoms with E-state index in [4.69, 9.17) is 0 Å². The van der Waals surface area contributed by atoms with Crippen LogP contribution in [0.2, 0.25) is 0 Å². The molecule has 8 heteroatoms. The molecule has 0 aliphatic rings. The fourth-order valence-electron chi connectivity index (χ4n) is 3.08. The quantitative estimate of drug-likeness (QED) is 0.723. The second-order valence-electron chi connectivity index (χ2n) is 6.63. The molecule has 3 aromatic rings. The van der Waals surface area contributed by atoms with Crippen molar-refractivity contribution in [2.45, 2.75) is 32.9 Å². The number of nitrogens with one attached hydrogen (secondary N) is 1. The highest BCUT2D eigenvalue weighted by molar-refractivity contribution is 5.79. The van der Waals surface area contributed by atoms with Gasteiger partial charge in [0.25, 0.3) is 5.56 Å². The lowest BCUT2D eigenvalue weighted by molar-refractivity contribution is -0.122. The molecule has 2 aromatic heterocycles. The molecule has 8 nitrogen and oxygen atoms in total. The van der Waals surface area contributed by atoms with Crippen LogP contribution in [-0.2, 0) is 31.9 Å².